The molecule has 0 radical (unpaired) electrons. The Kier molecular flexibility index (Phi) is 4.93. The zero-order valence-electron chi connectivity index (χ0n) is 16.4. The molecule has 148 valence electrons. The smallest absolute Gasteiger partial charge is 0.287 e. The van der Waals surface area contributed by atoms with Crippen molar-refractivity contribution in [1.29, 1.82) is 0 Å². The minimum Gasteiger partial charge on any atom is -0.307 e. The number of nitro groups is 1. The summed E-state index contributed by atoms with van der Waals surface area (Å²) in [5.41, 5.74) is 4.90. The molecule has 1 amide bonds. The molecule has 0 unspecified atom stereocenters. The van der Waals surface area contributed by atoms with E-state index in [-0.39, 0.29) is 17.4 Å². The summed E-state index contributed by atoms with van der Waals surface area (Å²) in [6.07, 6.45) is 1.11. The van der Waals surface area contributed by atoms with Crippen LogP contribution in [-0.2, 0) is 0 Å². The first kappa shape index (κ1) is 19.2. The lowest BCUT2D eigenvalue weighted by Gasteiger charge is -2.12. The molecular formula is C23H18N4O3. The number of rotatable bonds is 4. The van der Waals surface area contributed by atoms with E-state index in [1.165, 1.54) is 12.1 Å². The van der Waals surface area contributed by atoms with Gasteiger partial charge in [-0.3, -0.25) is 14.9 Å². The van der Waals surface area contributed by atoms with E-state index < -0.39 is 4.92 Å². The predicted octanol–water partition coefficient (Wildman–Crippen LogP) is 5.07. The van der Waals surface area contributed by atoms with Crippen LogP contribution in [0.2, 0.25) is 0 Å². The number of nitrogens with one attached hydrogen (secondary N) is 1. The van der Waals surface area contributed by atoms with E-state index >= 15 is 0 Å². The first-order chi connectivity index (χ1) is 14.4. The summed E-state index contributed by atoms with van der Waals surface area (Å²) >= 11 is 0. The summed E-state index contributed by atoms with van der Waals surface area (Å²) < 4.78 is 0. The maximum atomic E-state index is 13.1. The van der Waals surface area contributed by atoms with Crippen molar-refractivity contribution in [3.05, 3.63) is 93.7 Å². The third kappa shape index (κ3) is 3.73. The van der Waals surface area contributed by atoms with Crippen LogP contribution in [0.3, 0.4) is 0 Å². The van der Waals surface area contributed by atoms with Crippen molar-refractivity contribution in [3.63, 3.8) is 0 Å². The first-order valence-corrected chi connectivity index (χ1v) is 9.31. The minimum atomic E-state index is -0.537. The van der Waals surface area contributed by atoms with Crippen LogP contribution in [-0.4, -0.2) is 20.8 Å². The van der Waals surface area contributed by atoms with E-state index in [0.29, 0.717) is 22.2 Å². The molecule has 0 bridgehead atoms. The van der Waals surface area contributed by atoms with Crippen LogP contribution in [0.1, 0.15) is 21.5 Å². The highest BCUT2D eigenvalue weighted by Gasteiger charge is 2.16. The zero-order valence-corrected chi connectivity index (χ0v) is 16.4. The Labute approximate surface area is 172 Å². The van der Waals surface area contributed by atoms with Crippen molar-refractivity contribution in [2.24, 2.45) is 0 Å². The lowest BCUT2D eigenvalue weighted by molar-refractivity contribution is -0.385. The monoisotopic (exact) mass is 398 g/mol. The van der Waals surface area contributed by atoms with Crippen LogP contribution < -0.4 is 5.32 Å². The van der Waals surface area contributed by atoms with Crippen molar-refractivity contribution in [2.75, 3.05) is 5.32 Å². The maximum absolute atomic E-state index is 13.1. The van der Waals surface area contributed by atoms with E-state index in [9.17, 15) is 14.9 Å². The van der Waals surface area contributed by atoms with Crippen molar-refractivity contribution < 1.29 is 9.72 Å². The standard InChI is InChI=1S/C23H18N4O3/c1-14-7-9-17(15(2)11-14)21-12-19(18-5-3-4-6-20(18)25-21)23(28)26-22-10-8-16(13-24-22)27(29)30/h3-13H,1-2H3,(H,24,26,28). The van der Waals surface area contributed by atoms with Crippen LogP contribution in [0.25, 0.3) is 22.2 Å². The number of pyridine rings is 2. The van der Waals surface area contributed by atoms with Gasteiger partial charge in [0.2, 0.25) is 0 Å². The van der Waals surface area contributed by atoms with Gasteiger partial charge < -0.3 is 5.32 Å². The van der Waals surface area contributed by atoms with Gasteiger partial charge in [-0.05, 0) is 37.6 Å². The zero-order chi connectivity index (χ0) is 21.3. The number of amides is 1. The third-order valence-electron chi connectivity index (χ3n) is 4.82. The molecule has 0 spiro atoms. The molecule has 0 saturated heterocycles. The predicted molar refractivity (Wildman–Crippen MR) is 115 cm³/mol. The third-order valence-corrected chi connectivity index (χ3v) is 4.82. The molecule has 2 aromatic heterocycles. The maximum Gasteiger partial charge on any atom is 0.287 e. The van der Waals surface area contributed by atoms with Gasteiger partial charge in [0.15, 0.2) is 0 Å². The molecule has 2 aromatic carbocycles. The average molecular weight is 398 g/mol. The summed E-state index contributed by atoms with van der Waals surface area (Å²) in [6, 6.07) is 18.0. The first-order valence-electron chi connectivity index (χ1n) is 9.31. The molecule has 0 fully saturated rings. The number of nitrogens with zero attached hydrogens (tertiary/aromatic N) is 3. The van der Waals surface area contributed by atoms with Crippen molar-refractivity contribution in [2.45, 2.75) is 13.8 Å². The van der Waals surface area contributed by atoms with Gasteiger partial charge in [-0.25, -0.2) is 9.97 Å². The summed E-state index contributed by atoms with van der Waals surface area (Å²) in [5.74, 6) is -0.125. The molecule has 0 aliphatic rings. The van der Waals surface area contributed by atoms with Crippen molar-refractivity contribution in [1.82, 2.24) is 9.97 Å². The second-order valence-electron chi connectivity index (χ2n) is 7.00. The highest BCUT2D eigenvalue weighted by atomic mass is 16.6. The quantitative estimate of drug-likeness (QED) is 0.382. The molecule has 30 heavy (non-hydrogen) atoms. The van der Waals surface area contributed by atoms with Gasteiger partial charge in [0, 0.05) is 17.0 Å². The molecule has 7 heteroatoms. The summed E-state index contributed by atoms with van der Waals surface area (Å²) in [6.45, 7) is 4.04. The van der Waals surface area contributed by atoms with E-state index in [0.717, 1.165) is 22.9 Å². The van der Waals surface area contributed by atoms with Crippen LogP contribution in [0, 0.1) is 24.0 Å². The van der Waals surface area contributed by atoms with Gasteiger partial charge in [0.25, 0.3) is 11.6 Å². The second kappa shape index (κ2) is 7.71. The molecular weight excluding hydrogens is 380 g/mol. The molecule has 7 nitrogen and oxygen atoms in total. The van der Waals surface area contributed by atoms with E-state index in [1.54, 1.807) is 6.07 Å². The number of para-hydroxylation sites is 1. The van der Waals surface area contributed by atoms with Crippen LogP contribution in [0.15, 0.2) is 66.9 Å². The number of fused-ring (bicyclic) bond motifs is 1. The van der Waals surface area contributed by atoms with E-state index in [2.05, 4.69) is 16.4 Å². The van der Waals surface area contributed by atoms with Crippen molar-refractivity contribution >= 4 is 28.3 Å². The number of aryl methyl sites for hydroxylation is 2. The highest BCUT2D eigenvalue weighted by molar-refractivity contribution is 6.12. The molecule has 0 atom stereocenters. The molecule has 4 rings (SSSR count). The van der Waals surface area contributed by atoms with Gasteiger partial charge in [-0.2, -0.15) is 0 Å². The van der Waals surface area contributed by atoms with Gasteiger partial charge in [0.05, 0.1) is 21.7 Å². The fraction of sp³-hybridized carbons (Fsp3) is 0.0870. The number of carbonyl (C=O) groups is 1. The second-order valence-corrected chi connectivity index (χ2v) is 7.00. The molecule has 1 N–H and O–H groups in total. The Bertz CT molecular complexity index is 1280. The summed E-state index contributed by atoms with van der Waals surface area (Å²) in [7, 11) is 0. The van der Waals surface area contributed by atoms with Crippen LogP contribution in [0.5, 0.6) is 0 Å². The molecule has 2 heterocycles. The largest absolute Gasteiger partial charge is 0.307 e. The number of hydrogen-bond acceptors (Lipinski definition) is 5. The molecule has 0 saturated carbocycles. The summed E-state index contributed by atoms with van der Waals surface area (Å²) in [4.78, 5) is 32.0. The Morgan fingerprint density at radius 3 is 2.53 bits per heavy atom. The Morgan fingerprint density at radius 1 is 1.03 bits per heavy atom. The van der Waals surface area contributed by atoms with E-state index in [1.807, 2.05) is 50.2 Å². The lowest BCUT2D eigenvalue weighted by atomic mass is 9.99. The molecule has 4 aromatic rings. The van der Waals surface area contributed by atoms with Gasteiger partial charge in [-0.15, -0.1) is 0 Å². The van der Waals surface area contributed by atoms with Gasteiger partial charge in [-0.1, -0.05) is 42.0 Å². The Balaban J connectivity index is 1.77. The topological polar surface area (TPSA) is 98.0 Å². The molecule has 0 aliphatic carbocycles. The number of aromatic nitrogens is 2. The van der Waals surface area contributed by atoms with Crippen LogP contribution >= 0.6 is 0 Å². The number of hydrogen-bond donors (Lipinski definition) is 1. The number of benzene rings is 2. The van der Waals surface area contributed by atoms with Gasteiger partial charge in [0.1, 0.15) is 12.0 Å². The minimum absolute atomic E-state index is 0.139. The Morgan fingerprint density at radius 2 is 1.83 bits per heavy atom. The fourth-order valence-corrected chi connectivity index (χ4v) is 3.35. The van der Waals surface area contributed by atoms with Gasteiger partial charge >= 0.3 is 0 Å². The lowest BCUT2D eigenvalue weighted by Crippen LogP contribution is -2.14. The fourth-order valence-electron chi connectivity index (χ4n) is 3.35. The SMILES string of the molecule is Cc1ccc(-c2cc(C(=O)Nc3ccc([N+](=O)[O-])cn3)c3ccccc3n2)c(C)c1. The number of anilines is 1. The summed E-state index contributed by atoms with van der Waals surface area (Å²) in [5, 5.41) is 14.2. The highest BCUT2D eigenvalue weighted by Crippen LogP contribution is 2.28. The van der Waals surface area contributed by atoms with Crippen LogP contribution in [0.4, 0.5) is 11.5 Å². The average Bonchev–Trinajstić information content (AvgIpc) is 2.73. The normalized spacial score (nSPS) is 10.7. The van der Waals surface area contributed by atoms with E-state index in [4.69, 9.17) is 4.98 Å². The number of carbonyl (C=O) groups excluding carboxylic acids is 1. The Hall–Kier alpha value is -4.13. The van der Waals surface area contributed by atoms with Crippen molar-refractivity contribution in [3.8, 4) is 11.3 Å². The molecule has 0 aliphatic heterocycles.